The number of ether oxygens (including phenoxy) is 1. The lowest BCUT2D eigenvalue weighted by atomic mass is 9.98. The predicted octanol–water partition coefficient (Wildman–Crippen LogP) is 3.88. The number of nitrogens with one attached hydrogen (secondary N) is 1. The summed E-state index contributed by atoms with van der Waals surface area (Å²) in [6, 6.07) is 14.3. The Hall–Kier alpha value is -2.47. The predicted molar refractivity (Wildman–Crippen MR) is 101 cm³/mol. The average Bonchev–Trinajstić information content (AvgIpc) is 3.08. The summed E-state index contributed by atoms with van der Waals surface area (Å²) in [7, 11) is 1.64. The lowest BCUT2D eigenvalue weighted by molar-refractivity contribution is 0.364. The smallest absolute Gasteiger partial charge is 0.190 e. The molecule has 0 aliphatic carbocycles. The van der Waals surface area contributed by atoms with Crippen molar-refractivity contribution in [2.45, 2.75) is 19.4 Å². The summed E-state index contributed by atoms with van der Waals surface area (Å²) in [5.41, 5.74) is 2.95. The molecule has 0 radical (unpaired) electrons. The Morgan fingerprint density at radius 1 is 1.24 bits per heavy atom. The van der Waals surface area contributed by atoms with E-state index in [0.717, 1.165) is 29.1 Å². The highest BCUT2D eigenvalue weighted by atomic mass is 32.1. The molecule has 3 rings (SSSR count). The second kappa shape index (κ2) is 7.61. The molecule has 1 aliphatic heterocycles. The van der Waals surface area contributed by atoms with Crippen molar-refractivity contribution in [1.82, 2.24) is 10.3 Å². The summed E-state index contributed by atoms with van der Waals surface area (Å²) in [5, 5.41) is 10.3. The van der Waals surface area contributed by atoms with Gasteiger partial charge < -0.3 is 10.1 Å². The summed E-state index contributed by atoms with van der Waals surface area (Å²) in [4.78, 5) is 0. The fourth-order valence-electron chi connectivity index (χ4n) is 2.83. The van der Waals surface area contributed by atoms with Gasteiger partial charge in [-0.05, 0) is 66.7 Å². The van der Waals surface area contributed by atoms with Crippen molar-refractivity contribution in [3.05, 3.63) is 65.5 Å². The molecule has 0 fully saturated rings. The zero-order chi connectivity index (χ0) is 17.8. The van der Waals surface area contributed by atoms with E-state index >= 15 is 0 Å². The molecule has 0 saturated heterocycles. The van der Waals surface area contributed by atoms with Crippen LogP contribution in [-0.2, 0) is 0 Å². The van der Waals surface area contributed by atoms with E-state index in [-0.39, 0.29) is 11.9 Å². The van der Waals surface area contributed by atoms with E-state index in [1.54, 1.807) is 19.2 Å². The normalized spacial score (nSPS) is 16.5. The number of rotatable bonds is 4. The minimum absolute atomic E-state index is 0.0516. The maximum absolute atomic E-state index is 13.3. The molecule has 2 aromatic rings. The number of benzene rings is 2. The second-order valence-electron chi connectivity index (χ2n) is 5.73. The standard InChI is InChI=1S/C19H20FN3OS/c1-3-21-19(25)23-18(14-4-8-15(20)9-5-14)12-17(22-23)13-6-10-16(24-2)11-7-13/h4-11,18H,3,12H2,1-2H3,(H,21,25). The van der Waals surface area contributed by atoms with Crippen molar-refractivity contribution in [3.63, 3.8) is 0 Å². The van der Waals surface area contributed by atoms with Crippen molar-refractivity contribution in [1.29, 1.82) is 0 Å². The van der Waals surface area contributed by atoms with Crippen LogP contribution in [0.2, 0.25) is 0 Å². The molecule has 0 spiro atoms. The number of halogens is 1. The molecule has 0 bridgehead atoms. The first-order chi connectivity index (χ1) is 12.1. The fourth-order valence-corrected chi connectivity index (χ4v) is 3.14. The Bertz CT molecular complexity index is 774. The molecule has 1 atom stereocenters. The molecular weight excluding hydrogens is 337 g/mol. The molecule has 1 N–H and O–H groups in total. The Morgan fingerprint density at radius 2 is 1.92 bits per heavy atom. The van der Waals surface area contributed by atoms with E-state index in [4.69, 9.17) is 22.1 Å². The number of nitrogens with zero attached hydrogens (tertiary/aromatic N) is 2. The maximum atomic E-state index is 13.3. The zero-order valence-corrected chi connectivity index (χ0v) is 15.0. The molecule has 0 saturated carbocycles. The monoisotopic (exact) mass is 357 g/mol. The molecule has 4 nitrogen and oxygen atoms in total. The Kier molecular flexibility index (Phi) is 5.28. The van der Waals surface area contributed by atoms with Crippen LogP contribution in [0.15, 0.2) is 53.6 Å². The minimum atomic E-state index is -0.251. The van der Waals surface area contributed by atoms with Crippen LogP contribution in [0.1, 0.15) is 30.5 Å². The van der Waals surface area contributed by atoms with Crippen LogP contribution in [0.3, 0.4) is 0 Å². The molecule has 1 unspecified atom stereocenters. The van der Waals surface area contributed by atoms with Crippen LogP contribution in [0.5, 0.6) is 5.75 Å². The lowest BCUT2D eigenvalue weighted by Gasteiger charge is -2.24. The van der Waals surface area contributed by atoms with Crippen LogP contribution < -0.4 is 10.1 Å². The highest BCUT2D eigenvalue weighted by Crippen LogP contribution is 2.33. The maximum Gasteiger partial charge on any atom is 0.190 e. The Labute approximate surface area is 152 Å². The first-order valence-corrected chi connectivity index (χ1v) is 8.57. The van der Waals surface area contributed by atoms with Gasteiger partial charge in [0, 0.05) is 13.0 Å². The molecule has 2 aromatic carbocycles. The van der Waals surface area contributed by atoms with E-state index in [0.29, 0.717) is 11.5 Å². The second-order valence-corrected chi connectivity index (χ2v) is 6.11. The van der Waals surface area contributed by atoms with Crippen molar-refractivity contribution >= 4 is 23.0 Å². The number of methoxy groups -OCH3 is 1. The third-order valence-corrected chi connectivity index (χ3v) is 4.46. The van der Waals surface area contributed by atoms with Gasteiger partial charge >= 0.3 is 0 Å². The van der Waals surface area contributed by atoms with E-state index in [9.17, 15) is 4.39 Å². The van der Waals surface area contributed by atoms with Gasteiger partial charge in [0.2, 0.25) is 0 Å². The van der Waals surface area contributed by atoms with Gasteiger partial charge in [-0.2, -0.15) is 5.10 Å². The van der Waals surface area contributed by atoms with Gasteiger partial charge in [-0.3, -0.25) is 0 Å². The van der Waals surface area contributed by atoms with Crippen LogP contribution in [0, 0.1) is 5.82 Å². The highest BCUT2D eigenvalue weighted by molar-refractivity contribution is 7.80. The summed E-state index contributed by atoms with van der Waals surface area (Å²) in [6.45, 7) is 2.71. The molecule has 25 heavy (non-hydrogen) atoms. The molecule has 0 amide bonds. The largest absolute Gasteiger partial charge is 0.497 e. The first-order valence-electron chi connectivity index (χ1n) is 8.16. The molecule has 0 aromatic heterocycles. The van der Waals surface area contributed by atoms with Crippen LogP contribution in [0.4, 0.5) is 4.39 Å². The summed E-state index contributed by atoms with van der Waals surface area (Å²) >= 11 is 5.47. The highest BCUT2D eigenvalue weighted by Gasteiger charge is 2.31. The van der Waals surface area contributed by atoms with Crippen molar-refractivity contribution in [3.8, 4) is 5.75 Å². The summed E-state index contributed by atoms with van der Waals surface area (Å²) < 4.78 is 18.5. The van der Waals surface area contributed by atoms with Gasteiger partial charge in [-0.15, -0.1) is 0 Å². The van der Waals surface area contributed by atoms with E-state index in [1.807, 2.05) is 36.2 Å². The minimum Gasteiger partial charge on any atom is -0.497 e. The third kappa shape index (κ3) is 3.79. The van der Waals surface area contributed by atoms with Crippen LogP contribution >= 0.6 is 12.2 Å². The number of thiocarbonyl (C=S) groups is 1. The van der Waals surface area contributed by atoms with Crippen molar-refractivity contribution in [2.75, 3.05) is 13.7 Å². The number of hydrogen-bond acceptors (Lipinski definition) is 3. The summed E-state index contributed by atoms with van der Waals surface area (Å²) in [6.07, 6.45) is 0.698. The third-order valence-electron chi connectivity index (χ3n) is 4.12. The van der Waals surface area contributed by atoms with Crippen molar-refractivity contribution < 1.29 is 9.13 Å². The van der Waals surface area contributed by atoms with Crippen LogP contribution in [-0.4, -0.2) is 29.5 Å². The van der Waals surface area contributed by atoms with Gasteiger partial charge in [0.1, 0.15) is 11.6 Å². The Balaban J connectivity index is 1.91. The average molecular weight is 357 g/mol. The summed E-state index contributed by atoms with van der Waals surface area (Å²) in [5.74, 6) is 0.552. The van der Waals surface area contributed by atoms with Gasteiger partial charge in [-0.25, -0.2) is 9.40 Å². The molecular formula is C19H20FN3OS. The van der Waals surface area contributed by atoms with Gasteiger partial charge in [0.15, 0.2) is 5.11 Å². The first kappa shape index (κ1) is 17.4. The number of hydrogen-bond donors (Lipinski definition) is 1. The quantitative estimate of drug-likeness (QED) is 0.843. The van der Waals surface area contributed by atoms with Gasteiger partial charge in [0.25, 0.3) is 0 Å². The number of hydrazone groups is 1. The molecule has 1 heterocycles. The van der Waals surface area contributed by atoms with Gasteiger partial charge in [-0.1, -0.05) is 12.1 Å². The topological polar surface area (TPSA) is 36.9 Å². The lowest BCUT2D eigenvalue weighted by Crippen LogP contribution is -2.36. The van der Waals surface area contributed by atoms with Gasteiger partial charge in [0.05, 0.1) is 18.9 Å². The van der Waals surface area contributed by atoms with Crippen molar-refractivity contribution in [2.24, 2.45) is 5.10 Å². The SMILES string of the molecule is CCNC(=S)N1N=C(c2ccc(OC)cc2)CC1c1ccc(F)cc1. The zero-order valence-electron chi connectivity index (χ0n) is 14.2. The molecule has 1 aliphatic rings. The molecule has 6 heteroatoms. The van der Waals surface area contributed by atoms with E-state index in [2.05, 4.69) is 5.32 Å². The van der Waals surface area contributed by atoms with E-state index in [1.165, 1.54) is 12.1 Å². The molecule has 130 valence electrons. The van der Waals surface area contributed by atoms with E-state index < -0.39 is 0 Å². The fraction of sp³-hybridized carbons (Fsp3) is 0.263. The Morgan fingerprint density at radius 3 is 2.52 bits per heavy atom. The van der Waals surface area contributed by atoms with Crippen LogP contribution in [0.25, 0.3) is 0 Å².